The molecule has 0 saturated heterocycles. The smallest absolute Gasteiger partial charge is 0.321 e. The zero-order valence-corrected chi connectivity index (χ0v) is 15.1. The average molecular weight is 373 g/mol. The maximum Gasteiger partial charge on any atom is 0.321 e. The molecule has 136 valence electrons. The lowest BCUT2D eigenvalue weighted by Gasteiger charge is -2.04. The first-order valence-corrected chi connectivity index (χ1v) is 8.96. The van der Waals surface area contributed by atoms with Crippen LogP contribution in [0.1, 0.15) is 17.0 Å². The number of anilines is 1. The van der Waals surface area contributed by atoms with Crippen molar-refractivity contribution in [2.24, 2.45) is 0 Å². The van der Waals surface area contributed by atoms with Gasteiger partial charge in [-0.2, -0.15) is 0 Å². The van der Waals surface area contributed by atoms with Gasteiger partial charge in [-0.1, -0.05) is 29.5 Å². The number of benzene rings is 1. The Bertz CT molecular complexity index is 905. The van der Waals surface area contributed by atoms with E-state index in [0.29, 0.717) is 23.1 Å². The van der Waals surface area contributed by atoms with Crippen molar-refractivity contribution in [1.29, 1.82) is 0 Å². The number of rotatable bonds is 7. The monoisotopic (exact) mass is 373 g/mol. The number of methoxy groups -OCH3 is 1. The molecule has 0 radical (unpaired) electrons. The van der Waals surface area contributed by atoms with Gasteiger partial charge in [-0.05, 0) is 18.1 Å². The van der Waals surface area contributed by atoms with Gasteiger partial charge in [-0.25, -0.2) is 4.79 Å². The van der Waals surface area contributed by atoms with Gasteiger partial charge in [0.05, 0.1) is 13.5 Å². The van der Waals surface area contributed by atoms with E-state index < -0.39 is 0 Å². The van der Waals surface area contributed by atoms with Crippen molar-refractivity contribution in [2.45, 2.75) is 19.3 Å². The van der Waals surface area contributed by atoms with E-state index in [1.54, 1.807) is 0 Å². The van der Waals surface area contributed by atoms with Gasteiger partial charge in [-0.3, -0.25) is 10.1 Å². The van der Waals surface area contributed by atoms with Crippen LogP contribution in [0.5, 0.6) is 0 Å². The summed E-state index contributed by atoms with van der Waals surface area (Å²) in [4.78, 5) is 26.3. The molecular formula is C17H19N5O3S. The largest absolute Gasteiger partial charge is 0.469 e. The van der Waals surface area contributed by atoms with Crippen LogP contribution in [0, 0.1) is 0 Å². The van der Waals surface area contributed by atoms with Crippen molar-refractivity contribution in [3.8, 4) is 0 Å². The number of hydrogen-bond donors (Lipinski definition) is 3. The molecule has 9 heteroatoms. The van der Waals surface area contributed by atoms with E-state index in [2.05, 4.69) is 36.6 Å². The zero-order valence-electron chi connectivity index (χ0n) is 14.2. The first-order valence-electron chi connectivity index (χ1n) is 8.14. The molecule has 3 aromatic rings. The number of urea groups is 1. The molecular weight excluding hydrogens is 354 g/mol. The second-order valence-electron chi connectivity index (χ2n) is 5.57. The molecule has 8 nitrogen and oxygen atoms in total. The summed E-state index contributed by atoms with van der Waals surface area (Å²) in [5.41, 5.74) is 2.24. The number of aryl methyl sites for hydroxylation is 1. The van der Waals surface area contributed by atoms with Crippen LogP contribution in [0.25, 0.3) is 10.9 Å². The summed E-state index contributed by atoms with van der Waals surface area (Å²) >= 11 is 1.24. The minimum absolute atomic E-state index is 0.238. The SMILES string of the molecule is COC(=O)CCc1nnc(NC(=O)NCCc2c[nH]c3ccccc23)s1. The Morgan fingerprint density at radius 3 is 2.92 bits per heavy atom. The topological polar surface area (TPSA) is 109 Å². The molecule has 3 rings (SSSR count). The van der Waals surface area contributed by atoms with Crippen LogP contribution in [-0.4, -0.2) is 40.8 Å². The molecule has 2 aromatic heterocycles. The minimum atomic E-state index is -0.333. The van der Waals surface area contributed by atoms with Crippen LogP contribution < -0.4 is 10.6 Å². The lowest BCUT2D eigenvalue weighted by molar-refractivity contribution is -0.140. The summed E-state index contributed by atoms with van der Waals surface area (Å²) in [6, 6.07) is 7.72. The number of carbonyl (C=O) groups excluding carboxylic acids is 2. The molecule has 0 aliphatic heterocycles. The number of carbonyl (C=O) groups is 2. The molecule has 26 heavy (non-hydrogen) atoms. The molecule has 2 heterocycles. The van der Waals surface area contributed by atoms with Crippen molar-refractivity contribution in [3.63, 3.8) is 0 Å². The second-order valence-corrected chi connectivity index (χ2v) is 6.63. The summed E-state index contributed by atoms with van der Waals surface area (Å²) in [5, 5.41) is 15.5. The number of amides is 2. The number of aromatic nitrogens is 3. The van der Waals surface area contributed by atoms with E-state index in [0.717, 1.165) is 22.9 Å². The number of nitrogens with one attached hydrogen (secondary N) is 3. The van der Waals surface area contributed by atoms with E-state index >= 15 is 0 Å². The third kappa shape index (κ3) is 4.57. The van der Waals surface area contributed by atoms with Crippen molar-refractivity contribution >= 4 is 39.4 Å². The number of ether oxygens (including phenoxy) is 1. The highest BCUT2D eigenvalue weighted by molar-refractivity contribution is 7.15. The van der Waals surface area contributed by atoms with Gasteiger partial charge in [0, 0.05) is 30.1 Å². The molecule has 0 aliphatic rings. The highest BCUT2D eigenvalue weighted by atomic mass is 32.1. The normalized spacial score (nSPS) is 10.7. The van der Waals surface area contributed by atoms with Gasteiger partial charge in [0.2, 0.25) is 5.13 Å². The molecule has 0 saturated carbocycles. The molecule has 1 aromatic carbocycles. The van der Waals surface area contributed by atoms with Gasteiger partial charge < -0.3 is 15.0 Å². The van der Waals surface area contributed by atoms with Gasteiger partial charge in [0.25, 0.3) is 0 Å². The lowest BCUT2D eigenvalue weighted by Crippen LogP contribution is -2.30. The van der Waals surface area contributed by atoms with Gasteiger partial charge >= 0.3 is 12.0 Å². The van der Waals surface area contributed by atoms with E-state index in [4.69, 9.17) is 0 Å². The number of fused-ring (bicyclic) bond motifs is 1. The van der Waals surface area contributed by atoms with Crippen molar-refractivity contribution in [1.82, 2.24) is 20.5 Å². The second kappa shape index (κ2) is 8.43. The number of para-hydroxylation sites is 1. The van der Waals surface area contributed by atoms with Crippen LogP contribution in [0.3, 0.4) is 0 Å². The Kier molecular flexibility index (Phi) is 5.80. The van der Waals surface area contributed by atoms with Crippen LogP contribution >= 0.6 is 11.3 Å². The third-order valence-corrected chi connectivity index (χ3v) is 4.71. The molecule has 3 N–H and O–H groups in total. The number of nitrogens with zero attached hydrogens (tertiary/aromatic N) is 2. The summed E-state index contributed by atoms with van der Waals surface area (Å²) in [6.07, 6.45) is 3.36. The molecule has 0 bridgehead atoms. The quantitative estimate of drug-likeness (QED) is 0.551. The van der Waals surface area contributed by atoms with Crippen molar-refractivity contribution < 1.29 is 14.3 Å². The standard InChI is InChI=1S/C17H19N5O3S/c1-25-15(23)7-6-14-21-22-17(26-14)20-16(24)18-9-8-11-10-19-13-5-3-2-4-12(11)13/h2-5,10,19H,6-9H2,1H3,(H2,18,20,22,24). The van der Waals surface area contributed by atoms with E-state index in [1.807, 2.05) is 24.4 Å². The fourth-order valence-electron chi connectivity index (χ4n) is 2.51. The zero-order chi connectivity index (χ0) is 18.4. The third-order valence-electron chi connectivity index (χ3n) is 3.81. The Morgan fingerprint density at radius 1 is 1.23 bits per heavy atom. The van der Waals surface area contributed by atoms with Crippen LogP contribution in [0.2, 0.25) is 0 Å². The highest BCUT2D eigenvalue weighted by Gasteiger charge is 2.10. The Morgan fingerprint density at radius 2 is 2.08 bits per heavy atom. The van der Waals surface area contributed by atoms with Gasteiger partial charge in [-0.15, -0.1) is 10.2 Å². The maximum absolute atomic E-state index is 12.0. The fourth-order valence-corrected chi connectivity index (χ4v) is 3.24. The van der Waals surface area contributed by atoms with Crippen molar-refractivity contribution in [2.75, 3.05) is 19.0 Å². The summed E-state index contributed by atoms with van der Waals surface area (Å²) in [7, 11) is 1.34. The van der Waals surface area contributed by atoms with E-state index in [1.165, 1.54) is 18.4 Å². The number of aromatic amines is 1. The summed E-state index contributed by atoms with van der Waals surface area (Å²) in [6.45, 7) is 0.502. The summed E-state index contributed by atoms with van der Waals surface area (Å²) < 4.78 is 4.58. The molecule has 0 atom stereocenters. The molecule has 0 fully saturated rings. The predicted octanol–water partition coefficient (Wildman–Crippen LogP) is 2.49. The van der Waals surface area contributed by atoms with Crippen molar-refractivity contribution in [3.05, 3.63) is 41.0 Å². The number of esters is 1. The Hall–Kier alpha value is -2.94. The van der Waals surface area contributed by atoms with Gasteiger partial charge in [0.15, 0.2) is 0 Å². The Labute approximate surface area is 154 Å². The lowest BCUT2D eigenvalue weighted by atomic mass is 10.1. The number of H-pyrrole nitrogens is 1. The predicted molar refractivity (Wildman–Crippen MR) is 99.3 cm³/mol. The minimum Gasteiger partial charge on any atom is -0.469 e. The maximum atomic E-state index is 12.0. The van der Waals surface area contributed by atoms with Gasteiger partial charge in [0.1, 0.15) is 5.01 Å². The molecule has 2 amide bonds. The average Bonchev–Trinajstić information content (AvgIpc) is 3.27. The Balaban J connectivity index is 1.44. The molecule has 0 unspecified atom stereocenters. The van der Waals surface area contributed by atoms with Crippen LogP contribution in [-0.2, 0) is 22.4 Å². The van der Waals surface area contributed by atoms with Crippen LogP contribution in [0.15, 0.2) is 30.5 Å². The van der Waals surface area contributed by atoms with E-state index in [9.17, 15) is 9.59 Å². The first kappa shape index (κ1) is 17.9. The summed E-state index contributed by atoms with van der Waals surface area (Å²) in [5.74, 6) is -0.301. The highest BCUT2D eigenvalue weighted by Crippen LogP contribution is 2.18. The molecule has 0 spiro atoms. The van der Waals surface area contributed by atoms with Crippen LogP contribution in [0.4, 0.5) is 9.93 Å². The fraction of sp³-hybridized carbons (Fsp3) is 0.294. The first-order chi connectivity index (χ1) is 12.7. The molecule has 0 aliphatic carbocycles. The number of hydrogen-bond acceptors (Lipinski definition) is 6. The van der Waals surface area contributed by atoms with E-state index in [-0.39, 0.29) is 18.4 Å².